The van der Waals surface area contributed by atoms with Crippen LogP contribution in [0.4, 0.5) is 0 Å². The second kappa shape index (κ2) is 6.68. The second-order valence-corrected chi connectivity index (χ2v) is 5.09. The van der Waals surface area contributed by atoms with Gasteiger partial charge in [-0.2, -0.15) is 0 Å². The van der Waals surface area contributed by atoms with Crippen molar-refractivity contribution in [3.8, 4) is 0 Å². The molecular formula is C15H22O4. The van der Waals surface area contributed by atoms with E-state index in [0.29, 0.717) is 12.2 Å². The Morgan fingerprint density at radius 2 is 1.89 bits per heavy atom. The number of methoxy groups -OCH3 is 1. The predicted molar refractivity (Wildman–Crippen MR) is 72.9 cm³/mol. The van der Waals surface area contributed by atoms with E-state index in [1.165, 1.54) is 0 Å². The fourth-order valence-corrected chi connectivity index (χ4v) is 1.92. The van der Waals surface area contributed by atoms with Crippen molar-refractivity contribution in [2.45, 2.75) is 32.3 Å². The molecule has 0 spiro atoms. The average molecular weight is 266 g/mol. The number of hydrogen-bond donors (Lipinski definition) is 1. The van der Waals surface area contributed by atoms with Gasteiger partial charge in [-0.3, -0.25) is 0 Å². The Labute approximate surface area is 114 Å². The predicted octanol–water partition coefficient (Wildman–Crippen LogP) is 2.21. The highest BCUT2D eigenvalue weighted by atomic mass is 16.5. The molecule has 4 heteroatoms. The smallest absolute Gasteiger partial charge is 0.339 e. The number of aliphatic hydroxyl groups excluding tert-OH is 1. The molecule has 0 aliphatic carbocycles. The molecule has 0 radical (unpaired) electrons. The van der Waals surface area contributed by atoms with Crippen LogP contribution in [0, 0.1) is 0 Å². The lowest BCUT2D eigenvalue weighted by Gasteiger charge is -2.24. The maximum atomic E-state index is 11.4. The Balaban J connectivity index is 2.84. The Hall–Kier alpha value is -1.39. The van der Waals surface area contributed by atoms with Gasteiger partial charge in [0.15, 0.2) is 6.10 Å². The van der Waals surface area contributed by atoms with E-state index in [-0.39, 0.29) is 12.0 Å². The van der Waals surface area contributed by atoms with E-state index in [4.69, 9.17) is 9.47 Å². The van der Waals surface area contributed by atoms with Crippen LogP contribution in [0.5, 0.6) is 0 Å². The second-order valence-electron chi connectivity index (χ2n) is 5.09. The van der Waals surface area contributed by atoms with Gasteiger partial charge in [-0.1, -0.05) is 38.1 Å². The summed E-state index contributed by atoms with van der Waals surface area (Å²) in [7, 11) is 1.67. The van der Waals surface area contributed by atoms with Gasteiger partial charge in [-0.15, -0.1) is 0 Å². The Bertz CT molecular complexity index is 409. The fraction of sp³-hybridized carbons (Fsp3) is 0.533. The molecule has 0 amide bonds. The molecule has 0 bridgehead atoms. The highest BCUT2D eigenvalue weighted by Crippen LogP contribution is 2.25. The molecule has 1 aromatic carbocycles. The number of ether oxygens (including phenoxy) is 2. The molecule has 0 saturated heterocycles. The lowest BCUT2D eigenvalue weighted by atomic mass is 9.85. The minimum atomic E-state index is -1.22. The van der Waals surface area contributed by atoms with Gasteiger partial charge in [0.05, 0.1) is 13.2 Å². The van der Waals surface area contributed by atoms with Crippen LogP contribution < -0.4 is 0 Å². The fourth-order valence-electron chi connectivity index (χ4n) is 1.92. The molecule has 106 valence electrons. The van der Waals surface area contributed by atoms with Gasteiger partial charge < -0.3 is 14.6 Å². The van der Waals surface area contributed by atoms with Gasteiger partial charge in [0.1, 0.15) is 0 Å². The summed E-state index contributed by atoms with van der Waals surface area (Å²) in [5.41, 5.74) is 1.52. The van der Waals surface area contributed by atoms with E-state index in [9.17, 15) is 9.90 Å². The lowest BCUT2D eigenvalue weighted by Crippen LogP contribution is -2.23. The van der Waals surface area contributed by atoms with Crippen molar-refractivity contribution in [1.29, 1.82) is 0 Å². The third-order valence-electron chi connectivity index (χ3n) is 3.02. The monoisotopic (exact) mass is 266 g/mol. The van der Waals surface area contributed by atoms with Gasteiger partial charge in [-0.05, 0) is 18.1 Å². The minimum absolute atomic E-state index is 0.109. The van der Waals surface area contributed by atoms with Crippen LogP contribution in [0.25, 0.3) is 0 Å². The number of esters is 1. The summed E-state index contributed by atoms with van der Waals surface area (Å²) in [6.45, 7) is 6.73. The summed E-state index contributed by atoms with van der Waals surface area (Å²) in [4.78, 5) is 11.4. The van der Waals surface area contributed by atoms with E-state index in [2.05, 4.69) is 13.8 Å². The van der Waals surface area contributed by atoms with Gasteiger partial charge in [0, 0.05) is 12.5 Å². The molecule has 19 heavy (non-hydrogen) atoms. The number of hydrogen-bond acceptors (Lipinski definition) is 4. The van der Waals surface area contributed by atoms with E-state index >= 15 is 0 Å². The summed E-state index contributed by atoms with van der Waals surface area (Å²) in [6, 6.07) is 7.29. The molecule has 0 aromatic heterocycles. The first-order valence-electron chi connectivity index (χ1n) is 6.36. The van der Waals surface area contributed by atoms with Crippen molar-refractivity contribution in [2.24, 2.45) is 0 Å². The zero-order chi connectivity index (χ0) is 14.5. The first-order valence-corrected chi connectivity index (χ1v) is 6.36. The van der Waals surface area contributed by atoms with Gasteiger partial charge in [-0.25, -0.2) is 4.79 Å². The molecule has 4 nitrogen and oxygen atoms in total. The summed E-state index contributed by atoms with van der Waals surface area (Å²) in [5.74, 6) is -0.619. The Morgan fingerprint density at radius 1 is 1.32 bits per heavy atom. The SMILES string of the molecule is CCOC(=O)C(O)c1ccc(C(C)(C)COC)cc1. The third-order valence-corrected chi connectivity index (χ3v) is 3.02. The molecule has 1 unspecified atom stereocenters. The van der Waals surface area contributed by atoms with Crippen LogP contribution in [0.2, 0.25) is 0 Å². The van der Waals surface area contributed by atoms with Crippen LogP contribution in [0.1, 0.15) is 38.0 Å². The van der Waals surface area contributed by atoms with Crippen molar-refractivity contribution in [2.75, 3.05) is 20.3 Å². The molecule has 0 heterocycles. The minimum Gasteiger partial charge on any atom is -0.464 e. The molecular weight excluding hydrogens is 244 g/mol. The van der Waals surface area contributed by atoms with Crippen LogP contribution >= 0.6 is 0 Å². The molecule has 1 rings (SSSR count). The number of benzene rings is 1. The van der Waals surface area contributed by atoms with Gasteiger partial charge >= 0.3 is 5.97 Å². The van der Waals surface area contributed by atoms with Gasteiger partial charge in [0.25, 0.3) is 0 Å². The molecule has 1 N–H and O–H groups in total. The Kier molecular flexibility index (Phi) is 5.51. The van der Waals surface area contributed by atoms with Crippen LogP contribution in [-0.2, 0) is 19.7 Å². The maximum Gasteiger partial charge on any atom is 0.339 e. The summed E-state index contributed by atoms with van der Waals surface area (Å²) < 4.78 is 9.97. The Morgan fingerprint density at radius 3 is 2.37 bits per heavy atom. The van der Waals surface area contributed by atoms with Crippen LogP contribution in [-0.4, -0.2) is 31.4 Å². The quantitative estimate of drug-likeness (QED) is 0.802. The van der Waals surface area contributed by atoms with Crippen LogP contribution in [0.3, 0.4) is 0 Å². The summed E-state index contributed by atoms with van der Waals surface area (Å²) in [5, 5.41) is 9.82. The van der Waals surface area contributed by atoms with Crippen molar-refractivity contribution in [1.82, 2.24) is 0 Å². The molecule has 1 atom stereocenters. The van der Waals surface area contributed by atoms with E-state index in [1.54, 1.807) is 26.2 Å². The molecule has 0 aliphatic heterocycles. The van der Waals surface area contributed by atoms with Crippen molar-refractivity contribution in [3.63, 3.8) is 0 Å². The third kappa shape index (κ3) is 4.04. The standard InChI is InChI=1S/C15H22O4/c1-5-19-14(17)13(16)11-6-8-12(9-7-11)15(2,3)10-18-4/h6-9,13,16H,5,10H2,1-4H3. The molecule has 0 aliphatic rings. The van der Waals surface area contributed by atoms with Crippen LogP contribution in [0.15, 0.2) is 24.3 Å². The number of carbonyl (C=O) groups excluding carboxylic acids is 1. The zero-order valence-electron chi connectivity index (χ0n) is 12.0. The number of carbonyl (C=O) groups is 1. The molecule has 0 saturated carbocycles. The molecule has 0 fully saturated rings. The summed E-state index contributed by atoms with van der Waals surface area (Å²) >= 11 is 0. The van der Waals surface area contributed by atoms with E-state index in [0.717, 1.165) is 5.56 Å². The van der Waals surface area contributed by atoms with E-state index < -0.39 is 12.1 Å². The summed E-state index contributed by atoms with van der Waals surface area (Å²) in [6.07, 6.45) is -1.22. The highest BCUT2D eigenvalue weighted by molar-refractivity contribution is 5.76. The number of aliphatic hydroxyl groups is 1. The topological polar surface area (TPSA) is 55.8 Å². The first kappa shape index (κ1) is 15.7. The largest absolute Gasteiger partial charge is 0.464 e. The normalized spacial score (nSPS) is 13.1. The van der Waals surface area contributed by atoms with Crippen molar-refractivity contribution < 1.29 is 19.4 Å². The highest BCUT2D eigenvalue weighted by Gasteiger charge is 2.22. The van der Waals surface area contributed by atoms with Crippen molar-refractivity contribution in [3.05, 3.63) is 35.4 Å². The molecule has 1 aromatic rings. The maximum absolute atomic E-state index is 11.4. The zero-order valence-corrected chi connectivity index (χ0v) is 12.0. The number of rotatable bonds is 6. The first-order chi connectivity index (χ1) is 8.92. The van der Waals surface area contributed by atoms with E-state index in [1.807, 2.05) is 12.1 Å². The van der Waals surface area contributed by atoms with Gasteiger partial charge in [0.2, 0.25) is 0 Å². The van der Waals surface area contributed by atoms with Crippen molar-refractivity contribution >= 4 is 5.97 Å². The average Bonchev–Trinajstić information content (AvgIpc) is 2.38. The lowest BCUT2D eigenvalue weighted by molar-refractivity contribution is -0.153.